The van der Waals surface area contributed by atoms with Crippen LogP contribution in [0.5, 0.6) is 0 Å². The van der Waals surface area contributed by atoms with Crippen LogP contribution >= 0.6 is 0 Å². The number of nitrogens with zero attached hydrogens (tertiary/aromatic N) is 2. The molecule has 2 aromatic heterocycles. The van der Waals surface area contributed by atoms with Gasteiger partial charge in [-0.25, -0.2) is 26.4 Å². The van der Waals surface area contributed by atoms with Gasteiger partial charge < -0.3 is 15.5 Å². The van der Waals surface area contributed by atoms with Crippen molar-refractivity contribution < 1.29 is 32.6 Å². The highest BCUT2D eigenvalue weighted by Crippen LogP contribution is 2.32. The Labute approximate surface area is 189 Å². The summed E-state index contributed by atoms with van der Waals surface area (Å²) in [6.07, 6.45) is 5.19. The lowest BCUT2D eigenvalue weighted by Crippen LogP contribution is -2.14. The summed E-state index contributed by atoms with van der Waals surface area (Å²) in [6.45, 7) is 2.04. The Morgan fingerprint density at radius 1 is 1.12 bits per heavy atom. The molecule has 0 fully saturated rings. The van der Waals surface area contributed by atoms with Gasteiger partial charge in [-0.2, -0.15) is 0 Å². The van der Waals surface area contributed by atoms with Crippen LogP contribution in [-0.2, 0) is 26.2 Å². The van der Waals surface area contributed by atoms with Crippen LogP contribution in [0.1, 0.15) is 11.1 Å². The third-order valence-corrected chi connectivity index (χ3v) is 5.95. The Morgan fingerprint density at radius 3 is 2.27 bits per heavy atom. The first-order chi connectivity index (χ1) is 15.6. The number of aliphatic carboxylic acids is 2. The maximum Gasteiger partial charge on any atom is 0.328 e. The number of pyridine rings is 1. The summed E-state index contributed by atoms with van der Waals surface area (Å²) in [5.74, 6) is -3.06. The molecule has 1 aromatic carbocycles. The molecule has 0 aliphatic carbocycles. The van der Waals surface area contributed by atoms with E-state index in [1.807, 2.05) is 19.1 Å². The first-order valence-corrected chi connectivity index (χ1v) is 10.9. The third kappa shape index (κ3) is 6.34. The molecule has 3 N–H and O–H groups in total. The second-order valence-corrected chi connectivity index (χ2v) is 8.48. The second-order valence-electron chi connectivity index (χ2n) is 6.66. The number of aryl methyl sites for hydroxylation is 1. The van der Waals surface area contributed by atoms with Gasteiger partial charge in [-0.15, -0.1) is 0 Å². The zero-order valence-electron chi connectivity index (χ0n) is 17.8. The van der Waals surface area contributed by atoms with Crippen molar-refractivity contribution in [3.8, 4) is 11.3 Å². The maximum absolute atomic E-state index is 15.1. The number of hydrogen-bond acceptors (Lipinski definition) is 6. The van der Waals surface area contributed by atoms with Crippen molar-refractivity contribution in [3.05, 3.63) is 84.1 Å². The number of rotatable bonds is 7. The summed E-state index contributed by atoms with van der Waals surface area (Å²) >= 11 is 0. The summed E-state index contributed by atoms with van der Waals surface area (Å²) in [5.41, 5.74) is 1.65. The van der Waals surface area contributed by atoms with Gasteiger partial charge in [0.05, 0.1) is 0 Å². The SMILES string of the molecule is CNCc1cn(S(=O)(=O)c2cccnc2)c(-c2ccccc2C)c1F.O=C(O)/C=C/C(=O)O. The maximum atomic E-state index is 15.1. The molecular weight excluding hydrogens is 453 g/mol. The van der Waals surface area contributed by atoms with Crippen molar-refractivity contribution in [1.82, 2.24) is 14.3 Å². The summed E-state index contributed by atoms with van der Waals surface area (Å²) in [7, 11) is -2.29. The fourth-order valence-electron chi connectivity index (χ4n) is 2.85. The molecule has 0 unspecified atom stereocenters. The third-order valence-electron chi connectivity index (χ3n) is 4.31. The molecular formula is C22H22FN3O6S. The highest BCUT2D eigenvalue weighted by Gasteiger charge is 2.27. The minimum Gasteiger partial charge on any atom is -0.478 e. The zero-order valence-corrected chi connectivity index (χ0v) is 18.6. The smallest absolute Gasteiger partial charge is 0.328 e. The highest BCUT2D eigenvalue weighted by molar-refractivity contribution is 7.90. The summed E-state index contributed by atoms with van der Waals surface area (Å²) < 4.78 is 42.1. The molecule has 3 aromatic rings. The fraction of sp³-hybridized carbons (Fsp3) is 0.136. The Bertz CT molecular complexity index is 1250. The molecule has 0 radical (unpaired) electrons. The molecule has 0 saturated carbocycles. The number of hydrogen-bond donors (Lipinski definition) is 3. The van der Waals surface area contributed by atoms with Crippen molar-refractivity contribution in [3.63, 3.8) is 0 Å². The minimum absolute atomic E-state index is 0.0100. The van der Waals surface area contributed by atoms with Gasteiger partial charge in [0.2, 0.25) is 0 Å². The van der Waals surface area contributed by atoms with E-state index in [1.54, 1.807) is 19.2 Å². The van der Waals surface area contributed by atoms with Crippen molar-refractivity contribution in [2.45, 2.75) is 18.4 Å². The molecule has 0 atom stereocenters. The van der Waals surface area contributed by atoms with E-state index in [0.717, 1.165) is 9.54 Å². The number of carbonyl (C=O) groups is 2. The topological polar surface area (TPSA) is 139 Å². The van der Waals surface area contributed by atoms with E-state index in [0.29, 0.717) is 17.7 Å². The van der Waals surface area contributed by atoms with E-state index >= 15 is 4.39 Å². The Hall–Kier alpha value is -3.83. The second kappa shape index (κ2) is 11.2. The predicted octanol–water partition coefficient (Wildman–Crippen LogP) is 2.67. The van der Waals surface area contributed by atoms with Gasteiger partial charge in [-0.3, -0.25) is 4.98 Å². The van der Waals surface area contributed by atoms with Crippen LogP contribution in [0.3, 0.4) is 0 Å². The van der Waals surface area contributed by atoms with E-state index in [-0.39, 0.29) is 22.7 Å². The van der Waals surface area contributed by atoms with Gasteiger partial charge in [0, 0.05) is 48.4 Å². The lowest BCUT2D eigenvalue weighted by atomic mass is 10.1. The van der Waals surface area contributed by atoms with Crippen LogP contribution < -0.4 is 5.32 Å². The Morgan fingerprint density at radius 2 is 1.76 bits per heavy atom. The lowest BCUT2D eigenvalue weighted by Gasteiger charge is -2.12. The van der Waals surface area contributed by atoms with E-state index in [4.69, 9.17) is 10.2 Å². The van der Waals surface area contributed by atoms with Gasteiger partial charge in [-0.05, 0) is 31.7 Å². The number of carboxylic acids is 2. The largest absolute Gasteiger partial charge is 0.478 e. The number of aromatic nitrogens is 2. The highest BCUT2D eigenvalue weighted by atomic mass is 32.2. The average molecular weight is 475 g/mol. The Balaban J connectivity index is 0.000000414. The molecule has 0 spiro atoms. The normalized spacial score (nSPS) is 11.1. The van der Waals surface area contributed by atoms with Crippen LogP contribution in [0.25, 0.3) is 11.3 Å². The van der Waals surface area contributed by atoms with Gasteiger partial charge in [0.15, 0.2) is 5.82 Å². The van der Waals surface area contributed by atoms with Crippen molar-refractivity contribution in [1.29, 1.82) is 0 Å². The summed E-state index contributed by atoms with van der Waals surface area (Å²) in [4.78, 5) is 23.0. The number of halogens is 1. The lowest BCUT2D eigenvalue weighted by molar-refractivity contribution is -0.134. The number of nitrogens with one attached hydrogen (secondary N) is 1. The molecule has 174 valence electrons. The number of carboxylic acid groups (broad SMARTS) is 2. The summed E-state index contributed by atoms with van der Waals surface area (Å²) in [5, 5.41) is 18.5. The quantitative estimate of drug-likeness (QED) is 0.443. The molecule has 2 heterocycles. The molecule has 33 heavy (non-hydrogen) atoms. The fourth-order valence-corrected chi connectivity index (χ4v) is 4.20. The number of benzene rings is 1. The average Bonchev–Trinajstić information content (AvgIpc) is 3.11. The van der Waals surface area contributed by atoms with Gasteiger partial charge in [0.1, 0.15) is 10.6 Å². The molecule has 9 nitrogen and oxygen atoms in total. The molecule has 0 saturated heterocycles. The van der Waals surface area contributed by atoms with Crippen molar-refractivity contribution in [2.75, 3.05) is 7.05 Å². The van der Waals surface area contributed by atoms with Crippen LogP contribution in [0.4, 0.5) is 4.39 Å². The van der Waals surface area contributed by atoms with Crippen LogP contribution in [0.2, 0.25) is 0 Å². The minimum atomic E-state index is -3.97. The van der Waals surface area contributed by atoms with Crippen molar-refractivity contribution >= 4 is 22.0 Å². The van der Waals surface area contributed by atoms with E-state index in [9.17, 15) is 18.0 Å². The van der Waals surface area contributed by atoms with E-state index < -0.39 is 27.8 Å². The first-order valence-electron chi connectivity index (χ1n) is 9.49. The van der Waals surface area contributed by atoms with E-state index in [2.05, 4.69) is 10.3 Å². The summed E-state index contributed by atoms with van der Waals surface area (Å²) in [6, 6.07) is 10.1. The van der Waals surface area contributed by atoms with Crippen LogP contribution in [-0.4, -0.2) is 46.6 Å². The zero-order chi connectivity index (χ0) is 24.6. The van der Waals surface area contributed by atoms with Crippen LogP contribution in [0, 0.1) is 12.7 Å². The predicted molar refractivity (Wildman–Crippen MR) is 119 cm³/mol. The monoisotopic (exact) mass is 475 g/mol. The molecule has 0 bridgehead atoms. The molecule has 3 rings (SSSR count). The molecule has 0 amide bonds. The first kappa shape index (κ1) is 25.4. The standard InChI is InChI=1S/C18H18FN3O2S.C4H4O4/c1-13-6-3-4-8-16(13)18-17(19)14(10-20-2)12-22(18)25(23,24)15-7-5-9-21-11-15;5-3(6)1-2-4(7)8/h3-9,11-12,20H,10H2,1-2H3;1-2H,(H,5,6)(H,7,8)/b;2-1+. The molecule has 0 aliphatic heterocycles. The molecule has 0 aliphatic rings. The van der Waals surface area contributed by atoms with Gasteiger partial charge >= 0.3 is 11.9 Å². The molecule has 11 heteroatoms. The van der Waals surface area contributed by atoms with E-state index in [1.165, 1.54) is 30.7 Å². The van der Waals surface area contributed by atoms with Crippen molar-refractivity contribution in [2.24, 2.45) is 0 Å². The van der Waals surface area contributed by atoms with Gasteiger partial charge in [0.25, 0.3) is 10.0 Å². The van der Waals surface area contributed by atoms with Crippen LogP contribution in [0.15, 0.2) is 72.0 Å². The Kier molecular flexibility index (Phi) is 8.60. The van der Waals surface area contributed by atoms with Gasteiger partial charge in [-0.1, -0.05) is 24.3 Å².